The average molecular weight is 269 g/mol. The topological polar surface area (TPSA) is 35.2 Å². The molecular weight excluding hydrogens is 246 g/mol. The lowest BCUT2D eigenvalue weighted by Crippen LogP contribution is -2.24. The molecule has 0 amide bonds. The maximum Gasteiger partial charge on any atom is 0.106 e. The van der Waals surface area contributed by atoms with E-state index in [4.69, 9.17) is 10.5 Å². The third-order valence-corrected chi connectivity index (χ3v) is 3.31. The summed E-state index contributed by atoms with van der Waals surface area (Å²) in [6.45, 7) is 4.79. The van der Waals surface area contributed by atoms with Gasteiger partial charge in [-0.15, -0.1) is 0 Å². The van der Waals surface area contributed by atoms with Crippen LogP contribution in [0.4, 0.5) is 0 Å². The van der Waals surface area contributed by atoms with E-state index in [1.165, 1.54) is 22.3 Å². The second-order valence-electron chi connectivity index (χ2n) is 5.37. The van der Waals surface area contributed by atoms with Crippen LogP contribution >= 0.6 is 0 Å². The Balaban J connectivity index is 1.78. The summed E-state index contributed by atoms with van der Waals surface area (Å²) in [5.74, 6) is 0. The zero-order valence-corrected chi connectivity index (χ0v) is 12.3. The van der Waals surface area contributed by atoms with Gasteiger partial charge >= 0.3 is 0 Å². The molecule has 0 radical (unpaired) electrons. The highest BCUT2D eigenvalue weighted by Crippen LogP contribution is 2.11. The van der Waals surface area contributed by atoms with Crippen LogP contribution in [-0.2, 0) is 17.8 Å². The predicted molar refractivity (Wildman–Crippen MR) is 83.4 cm³/mol. The Morgan fingerprint density at radius 1 is 0.950 bits per heavy atom. The molecule has 2 aromatic carbocycles. The summed E-state index contributed by atoms with van der Waals surface area (Å²) in [7, 11) is 0. The maximum atomic E-state index is 6.02. The van der Waals surface area contributed by atoms with Gasteiger partial charge < -0.3 is 10.5 Å². The van der Waals surface area contributed by atoms with Gasteiger partial charge in [0.05, 0.1) is 6.61 Å². The van der Waals surface area contributed by atoms with Crippen LogP contribution in [0.25, 0.3) is 0 Å². The van der Waals surface area contributed by atoms with Gasteiger partial charge in [-0.3, -0.25) is 0 Å². The third kappa shape index (κ3) is 4.80. The van der Waals surface area contributed by atoms with Crippen molar-refractivity contribution in [3.63, 3.8) is 0 Å². The SMILES string of the molecule is Cc1cc(C)cc(COC(N)CCc2ccccc2)c1. The molecule has 2 nitrogen and oxygen atoms in total. The number of benzene rings is 2. The monoisotopic (exact) mass is 269 g/mol. The van der Waals surface area contributed by atoms with Crippen LogP contribution in [0.5, 0.6) is 0 Å². The Bertz CT molecular complexity index is 516. The molecule has 0 saturated carbocycles. The zero-order valence-electron chi connectivity index (χ0n) is 12.3. The molecule has 0 fully saturated rings. The first-order valence-corrected chi connectivity index (χ1v) is 7.12. The Morgan fingerprint density at radius 2 is 1.60 bits per heavy atom. The molecular formula is C18H23NO. The summed E-state index contributed by atoms with van der Waals surface area (Å²) in [5.41, 5.74) is 11.0. The van der Waals surface area contributed by atoms with Crippen molar-refractivity contribution in [3.05, 3.63) is 70.8 Å². The van der Waals surface area contributed by atoms with Crippen LogP contribution < -0.4 is 5.73 Å². The Labute approximate surface area is 121 Å². The number of nitrogens with two attached hydrogens (primary N) is 1. The summed E-state index contributed by atoms with van der Waals surface area (Å²) in [4.78, 5) is 0. The van der Waals surface area contributed by atoms with Crippen LogP contribution in [-0.4, -0.2) is 6.23 Å². The summed E-state index contributed by atoms with van der Waals surface area (Å²) in [5, 5.41) is 0. The first-order valence-electron chi connectivity index (χ1n) is 7.12. The van der Waals surface area contributed by atoms with Gasteiger partial charge in [-0.1, -0.05) is 59.7 Å². The van der Waals surface area contributed by atoms with Gasteiger partial charge in [-0.25, -0.2) is 0 Å². The first-order chi connectivity index (χ1) is 9.63. The molecule has 2 rings (SSSR count). The highest BCUT2D eigenvalue weighted by molar-refractivity contribution is 5.28. The van der Waals surface area contributed by atoms with Gasteiger partial charge in [0.15, 0.2) is 0 Å². The van der Waals surface area contributed by atoms with Gasteiger partial charge in [-0.2, -0.15) is 0 Å². The molecule has 1 unspecified atom stereocenters. The van der Waals surface area contributed by atoms with Crippen molar-refractivity contribution >= 4 is 0 Å². The van der Waals surface area contributed by atoms with E-state index in [2.05, 4.69) is 56.3 Å². The standard InChI is InChI=1S/C18H23NO/c1-14-10-15(2)12-17(11-14)13-20-18(19)9-8-16-6-4-3-5-7-16/h3-7,10-12,18H,8-9,13,19H2,1-2H3. The minimum atomic E-state index is -0.212. The van der Waals surface area contributed by atoms with E-state index in [0.717, 1.165) is 12.8 Å². The fraction of sp³-hybridized carbons (Fsp3) is 0.333. The van der Waals surface area contributed by atoms with Crippen molar-refractivity contribution in [2.45, 2.75) is 39.5 Å². The molecule has 0 aliphatic rings. The zero-order chi connectivity index (χ0) is 14.4. The van der Waals surface area contributed by atoms with Crippen LogP contribution in [0.3, 0.4) is 0 Å². The fourth-order valence-electron chi connectivity index (χ4n) is 2.39. The predicted octanol–water partition coefficient (Wildman–Crippen LogP) is 3.74. The van der Waals surface area contributed by atoms with Gasteiger partial charge in [-0.05, 0) is 37.8 Å². The Kier molecular flexibility index (Phi) is 5.33. The van der Waals surface area contributed by atoms with Gasteiger partial charge in [0.25, 0.3) is 0 Å². The molecule has 106 valence electrons. The minimum absolute atomic E-state index is 0.212. The van der Waals surface area contributed by atoms with E-state index in [9.17, 15) is 0 Å². The van der Waals surface area contributed by atoms with Gasteiger partial charge in [0.2, 0.25) is 0 Å². The van der Waals surface area contributed by atoms with Crippen molar-refractivity contribution in [2.24, 2.45) is 5.73 Å². The molecule has 20 heavy (non-hydrogen) atoms. The molecule has 0 spiro atoms. The number of aryl methyl sites for hydroxylation is 3. The molecule has 0 bridgehead atoms. The highest BCUT2D eigenvalue weighted by atomic mass is 16.5. The van der Waals surface area contributed by atoms with E-state index in [-0.39, 0.29) is 6.23 Å². The summed E-state index contributed by atoms with van der Waals surface area (Å²) in [6, 6.07) is 16.8. The van der Waals surface area contributed by atoms with E-state index >= 15 is 0 Å². The summed E-state index contributed by atoms with van der Waals surface area (Å²) < 4.78 is 5.74. The first kappa shape index (κ1) is 14.8. The van der Waals surface area contributed by atoms with Crippen LogP contribution in [0.15, 0.2) is 48.5 Å². The molecule has 2 aromatic rings. The molecule has 0 saturated heterocycles. The summed E-state index contributed by atoms with van der Waals surface area (Å²) in [6.07, 6.45) is 1.58. The third-order valence-electron chi connectivity index (χ3n) is 3.31. The second-order valence-corrected chi connectivity index (χ2v) is 5.37. The number of ether oxygens (including phenoxy) is 1. The molecule has 1 atom stereocenters. The molecule has 0 aliphatic heterocycles. The fourth-order valence-corrected chi connectivity index (χ4v) is 2.39. The molecule has 0 aliphatic carbocycles. The number of rotatable bonds is 6. The van der Waals surface area contributed by atoms with Crippen molar-refractivity contribution in [3.8, 4) is 0 Å². The van der Waals surface area contributed by atoms with Crippen LogP contribution in [0.1, 0.15) is 28.7 Å². The van der Waals surface area contributed by atoms with Crippen molar-refractivity contribution < 1.29 is 4.74 Å². The normalized spacial score (nSPS) is 12.3. The van der Waals surface area contributed by atoms with E-state index in [0.29, 0.717) is 6.61 Å². The lowest BCUT2D eigenvalue weighted by atomic mass is 10.1. The van der Waals surface area contributed by atoms with Gasteiger partial charge in [0.1, 0.15) is 6.23 Å². The maximum absolute atomic E-state index is 6.02. The van der Waals surface area contributed by atoms with Crippen molar-refractivity contribution in [2.75, 3.05) is 0 Å². The summed E-state index contributed by atoms with van der Waals surface area (Å²) >= 11 is 0. The number of hydrogen-bond donors (Lipinski definition) is 1. The lowest BCUT2D eigenvalue weighted by molar-refractivity contribution is 0.0396. The van der Waals surface area contributed by atoms with Gasteiger partial charge in [0, 0.05) is 0 Å². The molecule has 0 heterocycles. The number of hydrogen-bond acceptors (Lipinski definition) is 2. The van der Waals surface area contributed by atoms with Crippen molar-refractivity contribution in [1.82, 2.24) is 0 Å². The molecule has 2 N–H and O–H groups in total. The largest absolute Gasteiger partial charge is 0.359 e. The van der Waals surface area contributed by atoms with Crippen LogP contribution in [0, 0.1) is 13.8 Å². The van der Waals surface area contributed by atoms with E-state index < -0.39 is 0 Å². The molecule has 2 heteroatoms. The Morgan fingerprint density at radius 3 is 2.25 bits per heavy atom. The van der Waals surface area contributed by atoms with Crippen LogP contribution in [0.2, 0.25) is 0 Å². The highest BCUT2D eigenvalue weighted by Gasteiger charge is 2.04. The Hall–Kier alpha value is -1.64. The second kappa shape index (κ2) is 7.22. The lowest BCUT2D eigenvalue weighted by Gasteiger charge is -2.14. The molecule has 0 aromatic heterocycles. The smallest absolute Gasteiger partial charge is 0.106 e. The average Bonchev–Trinajstić information content (AvgIpc) is 2.43. The van der Waals surface area contributed by atoms with Crippen molar-refractivity contribution in [1.29, 1.82) is 0 Å². The minimum Gasteiger partial charge on any atom is -0.359 e. The van der Waals surface area contributed by atoms with E-state index in [1.807, 2.05) is 6.07 Å². The van der Waals surface area contributed by atoms with E-state index in [1.54, 1.807) is 0 Å². The quantitative estimate of drug-likeness (QED) is 0.811.